The third kappa shape index (κ3) is 2.68. The fourth-order valence-corrected chi connectivity index (χ4v) is 1.18. The van der Waals surface area contributed by atoms with E-state index in [1.165, 1.54) is 6.20 Å². The van der Waals surface area contributed by atoms with Crippen LogP contribution in [0.5, 0.6) is 0 Å². The zero-order valence-electron chi connectivity index (χ0n) is 8.00. The molecule has 0 atom stereocenters. The van der Waals surface area contributed by atoms with Crippen LogP contribution >= 0.6 is 11.6 Å². The van der Waals surface area contributed by atoms with Crippen molar-refractivity contribution in [1.29, 1.82) is 0 Å². The molecule has 0 saturated heterocycles. The summed E-state index contributed by atoms with van der Waals surface area (Å²) in [5, 5.41) is 0.370. The number of amides is 1. The van der Waals surface area contributed by atoms with Gasteiger partial charge >= 0.3 is 0 Å². The molecule has 1 aromatic rings. The predicted molar refractivity (Wildman–Crippen MR) is 53.1 cm³/mol. The number of hydroxylamine groups is 1. The first kappa shape index (κ1) is 10.9. The topological polar surface area (TPSA) is 51.2 Å². The maximum atomic E-state index is 11.4. The molecule has 0 spiro atoms. The first-order chi connectivity index (χ1) is 6.65. The summed E-state index contributed by atoms with van der Waals surface area (Å²) in [7, 11) is 0. The molecule has 1 heterocycles. The zero-order chi connectivity index (χ0) is 10.6. The fourth-order valence-electron chi connectivity index (χ4n) is 0.886. The number of nitrogens with zero attached hydrogens (tertiary/aromatic N) is 1. The molecule has 0 radical (unpaired) electrons. The van der Waals surface area contributed by atoms with Gasteiger partial charge in [-0.15, -0.1) is 0 Å². The highest BCUT2D eigenvalue weighted by molar-refractivity contribution is 6.33. The van der Waals surface area contributed by atoms with Crippen molar-refractivity contribution >= 4 is 17.5 Å². The molecule has 0 bridgehead atoms. The smallest absolute Gasteiger partial charge is 0.274 e. The van der Waals surface area contributed by atoms with Crippen LogP contribution in [-0.4, -0.2) is 17.5 Å². The number of carbonyl (C=O) groups is 1. The fraction of sp³-hybridized carbons (Fsp3) is 0.333. The predicted octanol–water partition coefficient (Wildman–Crippen LogP) is 1.72. The summed E-state index contributed by atoms with van der Waals surface area (Å²) < 4.78 is 0. The molecule has 1 N–H and O–H groups in total. The van der Waals surface area contributed by atoms with Crippen LogP contribution in [0.25, 0.3) is 0 Å². The Morgan fingerprint density at radius 3 is 3.00 bits per heavy atom. The summed E-state index contributed by atoms with van der Waals surface area (Å²) in [5.41, 5.74) is 3.32. The molecule has 0 aromatic carbocycles. The van der Waals surface area contributed by atoms with Gasteiger partial charge in [-0.05, 0) is 19.9 Å². The van der Waals surface area contributed by atoms with Crippen molar-refractivity contribution in [3.63, 3.8) is 0 Å². The lowest BCUT2D eigenvalue weighted by Gasteiger charge is -2.05. The Balaban J connectivity index is 2.80. The summed E-state index contributed by atoms with van der Waals surface area (Å²) in [5.74, 6) is -0.385. The number of aryl methyl sites for hydroxylation is 1. The van der Waals surface area contributed by atoms with Crippen LogP contribution in [0.3, 0.4) is 0 Å². The van der Waals surface area contributed by atoms with Crippen molar-refractivity contribution in [1.82, 2.24) is 10.5 Å². The molecule has 1 amide bonds. The first-order valence-corrected chi connectivity index (χ1v) is 4.57. The van der Waals surface area contributed by atoms with Crippen LogP contribution in [0.4, 0.5) is 0 Å². The van der Waals surface area contributed by atoms with Gasteiger partial charge in [0.2, 0.25) is 0 Å². The summed E-state index contributed by atoms with van der Waals surface area (Å²) in [6.07, 6.45) is 1.42. The molecule has 14 heavy (non-hydrogen) atoms. The van der Waals surface area contributed by atoms with Gasteiger partial charge in [0.25, 0.3) is 5.91 Å². The standard InChI is InChI=1S/C9H11ClN2O2/c1-3-14-12-9(13)7-5-11-6(2)4-8(7)10/h4-5H,3H2,1-2H3,(H,12,13). The minimum Gasteiger partial charge on any atom is -0.274 e. The Morgan fingerprint density at radius 2 is 2.43 bits per heavy atom. The SMILES string of the molecule is CCONC(=O)c1cnc(C)cc1Cl. The first-order valence-electron chi connectivity index (χ1n) is 4.19. The molecule has 4 nitrogen and oxygen atoms in total. The van der Waals surface area contributed by atoms with Gasteiger partial charge in [-0.25, -0.2) is 5.48 Å². The number of carbonyl (C=O) groups excluding carboxylic acids is 1. The van der Waals surface area contributed by atoms with Crippen molar-refractivity contribution in [2.24, 2.45) is 0 Å². The van der Waals surface area contributed by atoms with E-state index in [9.17, 15) is 4.79 Å². The Kier molecular flexibility index (Phi) is 3.85. The van der Waals surface area contributed by atoms with E-state index in [1.807, 2.05) is 0 Å². The molecule has 1 aromatic heterocycles. The van der Waals surface area contributed by atoms with E-state index in [1.54, 1.807) is 19.9 Å². The van der Waals surface area contributed by atoms with Crippen LogP contribution in [0.1, 0.15) is 23.0 Å². The van der Waals surface area contributed by atoms with Crippen molar-refractivity contribution in [3.05, 3.63) is 28.5 Å². The normalized spacial score (nSPS) is 9.93. The Labute approximate surface area is 87.2 Å². The number of hydrogen-bond acceptors (Lipinski definition) is 3. The highest BCUT2D eigenvalue weighted by Crippen LogP contribution is 2.15. The van der Waals surface area contributed by atoms with Gasteiger partial charge < -0.3 is 0 Å². The number of halogens is 1. The van der Waals surface area contributed by atoms with Crippen molar-refractivity contribution < 1.29 is 9.63 Å². The summed E-state index contributed by atoms with van der Waals surface area (Å²) >= 11 is 5.85. The van der Waals surface area contributed by atoms with Gasteiger partial charge in [-0.2, -0.15) is 0 Å². The second kappa shape index (κ2) is 4.93. The number of nitrogens with one attached hydrogen (secondary N) is 1. The molecular formula is C9H11ClN2O2. The third-order valence-electron chi connectivity index (χ3n) is 1.54. The highest BCUT2D eigenvalue weighted by Gasteiger charge is 2.10. The summed E-state index contributed by atoms with van der Waals surface area (Å²) in [6, 6.07) is 1.63. The van der Waals surface area contributed by atoms with Gasteiger partial charge in [0.05, 0.1) is 17.2 Å². The number of aromatic nitrogens is 1. The molecule has 0 saturated carbocycles. The zero-order valence-corrected chi connectivity index (χ0v) is 8.76. The average molecular weight is 215 g/mol. The minimum absolute atomic E-state index is 0.311. The maximum absolute atomic E-state index is 11.4. The van der Waals surface area contributed by atoms with E-state index in [0.717, 1.165) is 5.69 Å². The monoisotopic (exact) mass is 214 g/mol. The molecule has 0 unspecified atom stereocenters. The molecule has 5 heteroatoms. The van der Waals surface area contributed by atoms with Gasteiger partial charge in [0.15, 0.2) is 0 Å². The molecule has 0 aliphatic rings. The van der Waals surface area contributed by atoms with E-state index >= 15 is 0 Å². The highest BCUT2D eigenvalue weighted by atomic mass is 35.5. The van der Waals surface area contributed by atoms with E-state index in [0.29, 0.717) is 17.2 Å². The molecule has 1 rings (SSSR count). The molecule has 76 valence electrons. The van der Waals surface area contributed by atoms with Crippen molar-refractivity contribution in [2.75, 3.05) is 6.61 Å². The number of hydrogen-bond donors (Lipinski definition) is 1. The second-order valence-electron chi connectivity index (χ2n) is 2.67. The quantitative estimate of drug-likeness (QED) is 0.780. The van der Waals surface area contributed by atoms with E-state index in [-0.39, 0.29) is 5.91 Å². The Bertz CT molecular complexity index is 342. The minimum atomic E-state index is -0.385. The van der Waals surface area contributed by atoms with Gasteiger partial charge in [0, 0.05) is 11.9 Å². The van der Waals surface area contributed by atoms with E-state index in [2.05, 4.69) is 10.5 Å². The lowest BCUT2D eigenvalue weighted by molar-refractivity contribution is 0.0364. The van der Waals surface area contributed by atoms with Gasteiger partial charge in [0.1, 0.15) is 0 Å². The summed E-state index contributed by atoms with van der Waals surface area (Å²) in [6.45, 7) is 3.98. The van der Waals surface area contributed by atoms with Crippen molar-refractivity contribution in [2.45, 2.75) is 13.8 Å². The van der Waals surface area contributed by atoms with Crippen LogP contribution in [0.15, 0.2) is 12.3 Å². The number of pyridine rings is 1. The van der Waals surface area contributed by atoms with Gasteiger partial charge in [-0.1, -0.05) is 11.6 Å². The maximum Gasteiger partial charge on any atom is 0.277 e. The molecule has 0 fully saturated rings. The van der Waals surface area contributed by atoms with Crippen LogP contribution in [-0.2, 0) is 4.84 Å². The average Bonchev–Trinajstić information content (AvgIpc) is 2.14. The Morgan fingerprint density at radius 1 is 1.71 bits per heavy atom. The number of rotatable bonds is 3. The van der Waals surface area contributed by atoms with Crippen LogP contribution in [0, 0.1) is 6.92 Å². The Hall–Kier alpha value is -1.13. The van der Waals surface area contributed by atoms with E-state index < -0.39 is 0 Å². The third-order valence-corrected chi connectivity index (χ3v) is 1.86. The van der Waals surface area contributed by atoms with Crippen LogP contribution in [0.2, 0.25) is 5.02 Å². The van der Waals surface area contributed by atoms with Gasteiger partial charge in [-0.3, -0.25) is 14.6 Å². The largest absolute Gasteiger partial charge is 0.277 e. The lowest BCUT2D eigenvalue weighted by Crippen LogP contribution is -2.24. The summed E-state index contributed by atoms with van der Waals surface area (Å²) in [4.78, 5) is 20.1. The second-order valence-corrected chi connectivity index (χ2v) is 3.08. The molecule has 0 aliphatic heterocycles. The molecular weight excluding hydrogens is 204 g/mol. The lowest BCUT2D eigenvalue weighted by atomic mass is 10.2. The van der Waals surface area contributed by atoms with Crippen LogP contribution < -0.4 is 5.48 Å². The van der Waals surface area contributed by atoms with E-state index in [4.69, 9.17) is 16.4 Å². The van der Waals surface area contributed by atoms with Crippen molar-refractivity contribution in [3.8, 4) is 0 Å². The molecule has 0 aliphatic carbocycles.